The van der Waals surface area contributed by atoms with Crippen molar-refractivity contribution in [2.45, 2.75) is 39.8 Å². The van der Waals surface area contributed by atoms with Gasteiger partial charge in [-0.3, -0.25) is 4.90 Å². The molecule has 5 nitrogen and oxygen atoms in total. The first-order chi connectivity index (χ1) is 7.54. The number of carbonyl (C=O) groups excluding carboxylic acids is 2. The van der Waals surface area contributed by atoms with Gasteiger partial charge in [0, 0.05) is 0 Å². The van der Waals surface area contributed by atoms with Crippen LogP contribution in [0.25, 0.3) is 0 Å². The number of ether oxygens (including phenoxy) is 2. The van der Waals surface area contributed by atoms with E-state index < -0.39 is 12.1 Å². The van der Waals surface area contributed by atoms with Crippen molar-refractivity contribution in [3.05, 3.63) is 0 Å². The number of amides is 1. The quantitative estimate of drug-likeness (QED) is 0.540. The second-order valence-corrected chi connectivity index (χ2v) is 4.04. The Kier molecular flexibility index (Phi) is 4.15. The summed E-state index contributed by atoms with van der Waals surface area (Å²) < 4.78 is 9.80. The highest BCUT2D eigenvalue weighted by Crippen LogP contribution is 2.35. The van der Waals surface area contributed by atoms with Crippen molar-refractivity contribution in [3.8, 4) is 0 Å². The van der Waals surface area contributed by atoms with Gasteiger partial charge in [0.05, 0.1) is 19.3 Å². The van der Waals surface area contributed by atoms with E-state index in [1.807, 2.05) is 13.8 Å². The van der Waals surface area contributed by atoms with E-state index >= 15 is 0 Å². The molecule has 92 valence electrons. The average molecular weight is 229 g/mol. The zero-order valence-electron chi connectivity index (χ0n) is 10.2. The lowest BCUT2D eigenvalue weighted by Crippen LogP contribution is -2.21. The average Bonchev–Trinajstić information content (AvgIpc) is 2.93. The minimum absolute atomic E-state index is 0.0851. The fourth-order valence-electron chi connectivity index (χ4n) is 1.85. The van der Waals surface area contributed by atoms with Crippen LogP contribution in [0, 0.1) is 5.92 Å². The second kappa shape index (κ2) is 5.18. The number of nitrogens with zero attached hydrogens (tertiary/aromatic N) is 1. The Labute approximate surface area is 95.7 Å². The largest absolute Gasteiger partial charge is 0.464 e. The van der Waals surface area contributed by atoms with Gasteiger partial charge in [-0.25, -0.2) is 9.59 Å². The van der Waals surface area contributed by atoms with Crippen molar-refractivity contribution in [3.63, 3.8) is 0 Å². The van der Waals surface area contributed by atoms with E-state index in [-0.39, 0.29) is 17.9 Å². The summed E-state index contributed by atoms with van der Waals surface area (Å²) in [5, 5.41) is 0. The number of esters is 1. The molecule has 0 radical (unpaired) electrons. The number of carbonyl (C=O) groups is 2. The van der Waals surface area contributed by atoms with E-state index in [1.54, 1.807) is 13.8 Å². The topological polar surface area (TPSA) is 55.6 Å². The molecule has 0 aromatic heterocycles. The Morgan fingerprint density at radius 2 is 1.75 bits per heavy atom. The third kappa shape index (κ3) is 2.46. The van der Waals surface area contributed by atoms with Crippen LogP contribution in [-0.2, 0) is 14.3 Å². The summed E-state index contributed by atoms with van der Waals surface area (Å²) in [7, 11) is 0. The van der Waals surface area contributed by atoms with Gasteiger partial charge in [0.1, 0.15) is 0 Å². The van der Waals surface area contributed by atoms with Crippen LogP contribution in [0.3, 0.4) is 0 Å². The highest BCUT2D eigenvalue weighted by Gasteiger charge is 2.58. The first kappa shape index (κ1) is 12.8. The SMILES string of the molecule is CCOC(=O)[C@@H]1[C@@H](C(C)C)N1C(=O)OCC. The molecule has 1 saturated heterocycles. The number of hydrogen-bond donors (Lipinski definition) is 0. The number of rotatable bonds is 4. The molecule has 0 aromatic rings. The summed E-state index contributed by atoms with van der Waals surface area (Å²) in [4.78, 5) is 24.6. The number of hydrogen-bond acceptors (Lipinski definition) is 4. The first-order valence-electron chi connectivity index (χ1n) is 5.66. The molecule has 2 atom stereocenters. The van der Waals surface area contributed by atoms with E-state index in [2.05, 4.69) is 0 Å². The maximum absolute atomic E-state index is 11.6. The van der Waals surface area contributed by atoms with Crippen LogP contribution in [0.5, 0.6) is 0 Å². The van der Waals surface area contributed by atoms with Gasteiger partial charge in [0.2, 0.25) is 0 Å². The van der Waals surface area contributed by atoms with Gasteiger partial charge >= 0.3 is 12.1 Å². The van der Waals surface area contributed by atoms with Crippen LogP contribution >= 0.6 is 0 Å². The summed E-state index contributed by atoms with van der Waals surface area (Å²) in [6.45, 7) is 8.07. The molecule has 0 bridgehead atoms. The maximum atomic E-state index is 11.6. The van der Waals surface area contributed by atoms with Gasteiger partial charge in [-0.15, -0.1) is 0 Å². The van der Waals surface area contributed by atoms with Crippen molar-refractivity contribution < 1.29 is 19.1 Å². The van der Waals surface area contributed by atoms with Crippen molar-refractivity contribution >= 4 is 12.1 Å². The lowest BCUT2D eigenvalue weighted by molar-refractivity contribution is -0.143. The molecule has 1 aliphatic rings. The van der Waals surface area contributed by atoms with Crippen LogP contribution in [0.4, 0.5) is 4.79 Å². The molecule has 0 aliphatic carbocycles. The summed E-state index contributed by atoms with van der Waals surface area (Å²) in [5.74, 6) is -0.118. The standard InChI is InChI=1S/C11H19NO4/c1-5-15-10(13)9-8(7(3)4)12(9)11(14)16-6-2/h7-9H,5-6H2,1-4H3/t8-,9+,12?/m1/s1. The minimum Gasteiger partial charge on any atom is -0.464 e. The lowest BCUT2D eigenvalue weighted by atomic mass is 10.1. The third-order valence-electron chi connectivity index (χ3n) is 2.54. The molecule has 0 unspecified atom stereocenters. The second-order valence-electron chi connectivity index (χ2n) is 4.04. The van der Waals surface area contributed by atoms with Gasteiger partial charge in [-0.2, -0.15) is 0 Å². The molecule has 5 heteroatoms. The predicted molar refractivity (Wildman–Crippen MR) is 57.9 cm³/mol. The molecular formula is C11H19NO4. The molecule has 0 saturated carbocycles. The third-order valence-corrected chi connectivity index (χ3v) is 2.54. The van der Waals surface area contributed by atoms with E-state index in [9.17, 15) is 9.59 Å². The summed E-state index contributed by atoms with van der Waals surface area (Å²) in [6, 6.07) is -0.544. The molecule has 1 amide bonds. The van der Waals surface area contributed by atoms with E-state index in [0.717, 1.165) is 0 Å². The monoisotopic (exact) mass is 229 g/mol. The van der Waals surface area contributed by atoms with E-state index in [4.69, 9.17) is 9.47 Å². The highest BCUT2D eigenvalue weighted by atomic mass is 16.6. The van der Waals surface area contributed by atoms with Crippen LogP contribution < -0.4 is 0 Å². The minimum atomic E-state index is -0.459. The summed E-state index contributed by atoms with van der Waals surface area (Å²) in [6.07, 6.45) is -0.431. The summed E-state index contributed by atoms with van der Waals surface area (Å²) in [5.41, 5.74) is 0. The zero-order chi connectivity index (χ0) is 12.3. The maximum Gasteiger partial charge on any atom is 0.410 e. The first-order valence-corrected chi connectivity index (χ1v) is 5.66. The fourth-order valence-corrected chi connectivity index (χ4v) is 1.85. The molecule has 0 N–H and O–H groups in total. The molecular weight excluding hydrogens is 210 g/mol. The molecule has 16 heavy (non-hydrogen) atoms. The Bertz CT molecular complexity index is 253. The smallest absolute Gasteiger partial charge is 0.410 e. The zero-order valence-corrected chi connectivity index (χ0v) is 10.2. The normalized spacial score (nSPS) is 23.2. The van der Waals surface area contributed by atoms with Crippen molar-refractivity contribution in [2.75, 3.05) is 13.2 Å². The Morgan fingerprint density at radius 1 is 1.19 bits per heavy atom. The fraction of sp³-hybridized carbons (Fsp3) is 0.818. The van der Waals surface area contributed by atoms with E-state index in [1.165, 1.54) is 4.90 Å². The molecule has 1 aliphatic heterocycles. The molecule has 0 spiro atoms. The predicted octanol–water partition coefficient (Wildman–Crippen LogP) is 1.41. The molecule has 1 heterocycles. The van der Waals surface area contributed by atoms with Crippen molar-refractivity contribution in [2.24, 2.45) is 5.92 Å². The highest BCUT2D eigenvalue weighted by molar-refractivity contribution is 5.88. The van der Waals surface area contributed by atoms with Crippen LogP contribution in [-0.4, -0.2) is 42.3 Å². The van der Waals surface area contributed by atoms with Crippen LogP contribution in [0.2, 0.25) is 0 Å². The van der Waals surface area contributed by atoms with Gasteiger partial charge in [-0.05, 0) is 19.8 Å². The molecule has 1 rings (SSSR count). The Hall–Kier alpha value is -1.26. The van der Waals surface area contributed by atoms with Crippen molar-refractivity contribution in [1.82, 2.24) is 4.90 Å². The van der Waals surface area contributed by atoms with Gasteiger partial charge in [-0.1, -0.05) is 13.8 Å². The Balaban J connectivity index is 2.63. The van der Waals surface area contributed by atoms with Gasteiger partial charge < -0.3 is 9.47 Å². The van der Waals surface area contributed by atoms with Crippen LogP contribution in [0.15, 0.2) is 0 Å². The lowest BCUT2D eigenvalue weighted by Gasteiger charge is -2.05. The van der Waals surface area contributed by atoms with Crippen LogP contribution in [0.1, 0.15) is 27.7 Å². The van der Waals surface area contributed by atoms with Crippen molar-refractivity contribution in [1.29, 1.82) is 0 Å². The van der Waals surface area contributed by atoms with E-state index in [0.29, 0.717) is 13.2 Å². The summed E-state index contributed by atoms with van der Waals surface area (Å²) >= 11 is 0. The molecule has 0 aromatic carbocycles. The van der Waals surface area contributed by atoms with Gasteiger partial charge in [0.25, 0.3) is 0 Å². The molecule has 1 fully saturated rings. The van der Waals surface area contributed by atoms with Gasteiger partial charge in [0.15, 0.2) is 6.04 Å². The Morgan fingerprint density at radius 3 is 2.19 bits per heavy atom.